The third kappa shape index (κ3) is 7.15. The van der Waals surface area contributed by atoms with E-state index >= 15 is 0 Å². The fourth-order valence-corrected chi connectivity index (χ4v) is 4.43. The van der Waals surface area contributed by atoms with Crippen LogP contribution in [0.25, 0.3) is 10.9 Å². The summed E-state index contributed by atoms with van der Waals surface area (Å²) in [5, 5.41) is 3.51. The van der Waals surface area contributed by atoms with E-state index in [4.69, 9.17) is 9.47 Å². The quantitative estimate of drug-likeness (QED) is 0.254. The lowest BCUT2D eigenvalue weighted by Crippen LogP contribution is -2.46. The molecule has 0 saturated carbocycles. The number of anilines is 1. The fourth-order valence-electron chi connectivity index (χ4n) is 4.43. The maximum absolute atomic E-state index is 14.2. The first-order valence-electron chi connectivity index (χ1n) is 12.8. The lowest BCUT2D eigenvalue weighted by atomic mass is 10.1. The van der Waals surface area contributed by atoms with Crippen molar-refractivity contribution >= 4 is 28.5 Å². The third-order valence-electron chi connectivity index (χ3n) is 6.58. The summed E-state index contributed by atoms with van der Waals surface area (Å²) >= 11 is 0. The normalized spacial score (nSPS) is 10.9. The van der Waals surface area contributed by atoms with Gasteiger partial charge < -0.3 is 29.6 Å². The van der Waals surface area contributed by atoms with E-state index in [-0.39, 0.29) is 37.8 Å². The van der Waals surface area contributed by atoms with Crippen molar-refractivity contribution in [2.24, 2.45) is 0 Å². The summed E-state index contributed by atoms with van der Waals surface area (Å²) in [4.78, 5) is 32.9. The highest BCUT2D eigenvalue weighted by atomic mass is 19.1. The predicted octanol–water partition coefficient (Wildman–Crippen LogP) is 5.21. The van der Waals surface area contributed by atoms with Crippen LogP contribution in [-0.2, 0) is 22.5 Å². The Morgan fingerprint density at radius 2 is 1.70 bits per heavy atom. The summed E-state index contributed by atoms with van der Waals surface area (Å²) in [6.45, 7) is 0.611. The van der Waals surface area contributed by atoms with Crippen molar-refractivity contribution in [3.8, 4) is 5.75 Å². The van der Waals surface area contributed by atoms with Crippen LogP contribution < -0.4 is 10.1 Å². The number of nitrogens with one attached hydrogen (secondary N) is 2. The van der Waals surface area contributed by atoms with Crippen LogP contribution in [0.2, 0.25) is 0 Å². The minimum Gasteiger partial charge on any atom is -0.496 e. The number of fused-ring (bicyclic) bond motifs is 1. The van der Waals surface area contributed by atoms with Crippen LogP contribution in [0.15, 0.2) is 72.9 Å². The zero-order valence-electron chi connectivity index (χ0n) is 22.5. The van der Waals surface area contributed by atoms with Crippen molar-refractivity contribution in [1.82, 2.24) is 14.8 Å². The number of hydrogen-bond donors (Lipinski definition) is 2. The second-order valence-corrected chi connectivity index (χ2v) is 9.21. The molecule has 0 unspecified atom stereocenters. The average molecular weight is 551 g/mol. The summed E-state index contributed by atoms with van der Waals surface area (Å²) < 4.78 is 38.1. The first-order valence-corrected chi connectivity index (χ1v) is 12.8. The van der Waals surface area contributed by atoms with Gasteiger partial charge in [0.05, 0.1) is 19.4 Å². The Balaban J connectivity index is 1.54. The number of carbonyl (C=O) groups excluding carboxylic acids is 2. The highest BCUT2D eigenvalue weighted by Gasteiger charge is 2.23. The molecule has 0 fully saturated rings. The van der Waals surface area contributed by atoms with Gasteiger partial charge in [0.2, 0.25) is 5.91 Å². The van der Waals surface area contributed by atoms with Gasteiger partial charge in [-0.3, -0.25) is 4.79 Å². The number of methoxy groups -OCH3 is 2. The van der Waals surface area contributed by atoms with Crippen LogP contribution in [0.4, 0.5) is 19.3 Å². The monoisotopic (exact) mass is 550 g/mol. The van der Waals surface area contributed by atoms with Crippen LogP contribution in [0, 0.1) is 11.6 Å². The Labute approximate surface area is 231 Å². The van der Waals surface area contributed by atoms with Crippen molar-refractivity contribution in [2.45, 2.75) is 13.0 Å². The Bertz CT molecular complexity index is 1460. The summed E-state index contributed by atoms with van der Waals surface area (Å²) in [6.07, 6.45) is 2.52. The lowest BCUT2D eigenvalue weighted by molar-refractivity contribution is -0.132. The van der Waals surface area contributed by atoms with Crippen LogP contribution in [-0.4, -0.2) is 67.2 Å². The molecule has 3 aromatic carbocycles. The molecule has 0 bridgehead atoms. The second-order valence-electron chi connectivity index (χ2n) is 9.21. The van der Waals surface area contributed by atoms with Gasteiger partial charge in [-0.15, -0.1) is 0 Å². The third-order valence-corrected chi connectivity index (χ3v) is 6.58. The van der Waals surface area contributed by atoms with E-state index in [1.165, 1.54) is 12.0 Å². The van der Waals surface area contributed by atoms with Crippen molar-refractivity contribution in [2.75, 3.05) is 45.8 Å². The predicted molar refractivity (Wildman–Crippen MR) is 149 cm³/mol. The zero-order valence-corrected chi connectivity index (χ0v) is 22.5. The number of aromatic nitrogens is 1. The number of rotatable bonds is 12. The molecule has 0 aliphatic rings. The molecule has 0 aliphatic carbocycles. The molecular weight excluding hydrogens is 518 g/mol. The van der Waals surface area contributed by atoms with Gasteiger partial charge in [0.25, 0.3) is 0 Å². The van der Waals surface area contributed by atoms with Crippen molar-refractivity contribution in [3.63, 3.8) is 0 Å². The van der Waals surface area contributed by atoms with Gasteiger partial charge in [-0.05, 0) is 36.2 Å². The van der Waals surface area contributed by atoms with Gasteiger partial charge in [-0.1, -0.05) is 36.4 Å². The Morgan fingerprint density at radius 3 is 2.48 bits per heavy atom. The van der Waals surface area contributed by atoms with Gasteiger partial charge >= 0.3 is 6.03 Å². The Morgan fingerprint density at radius 1 is 0.925 bits per heavy atom. The maximum Gasteiger partial charge on any atom is 0.322 e. The number of aromatic amines is 1. The molecule has 10 heteroatoms. The fraction of sp³-hybridized carbons (Fsp3) is 0.267. The molecule has 1 heterocycles. The molecule has 210 valence electrons. The summed E-state index contributed by atoms with van der Waals surface area (Å²) in [7, 11) is 3.05. The number of nitrogens with zero attached hydrogens (tertiary/aromatic N) is 2. The van der Waals surface area contributed by atoms with E-state index in [2.05, 4.69) is 10.3 Å². The summed E-state index contributed by atoms with van der Waals surface area (Å²) in [6, 6.07) is 17.5. The van der Waals surface area contributed by atoms with E-state index in [9.17, 15) is 18.4 Å². The molecule has 1 aromatic heterocycles. The minimum absolute atomic E-state index is 0.0852. The van der Waals surface area contributed by atoms with Crippen LogP contribution in [0.1, 0.15) is 11.1 Å². The van der Waals surface area contributed by atoms with Crippen LogP contribution in [0.5, 0.6) is 5.75 Å². The largest absolute Gasteiger partial charge is 0.496 e. The summed E-state index contributed by atoms with van der Waals surface area (Å²) in [5.41, 5.74) is 2.70. The topological polar surface area (TPSA) is 86.9 Å². The molecule has 8 nitrogen and oxygen atoms in total. The molecule has 4 aromatic rings. The molecule has 2 N–H and O–H groups in total. The van der Waals surface area contributed by atoms with Crippen molar-refractivity contribution in [3.05, 3.63) is 95.7 Å². The van der Waals surface area contributed by atoms with Gasteiger partial charge in [0.15, 0.2) is 0 Å². The number of amides is 3. The Hall–Kier alpha value is -4.44. The number of ether oxygens (including phenoxy) is 2. The average Bonchev–Trinajstić information content (AvgIpc) is 3.37. The van der Waals surface area contributed by atoms with E-state index in [1.54, 1.807) is 12.0 Å². The molecule has 3 amide bonds. The molecule has 0 atom stereocenters. The van der Waals surface area contributed by atoms with Crippen molar-refractivity contribution in [1.29, 1.82) is 0 Å². The molecule has 0 aliphatic heterocycles. The van der Waals surface area contributed by atoms with Gasteiger partial charge in [0.1, 0.15) is 23.9 Å². The van der Waals surface area contributed by atoms with E-state index < -0.39 is 17.7 Å². The lowest BCUT2D eigenvalue weighted by Gasteiger charge is -2.28. The first kappa shape index (κ1) is 28.6. The van der Waals surface area contributed by atoms with E-state index in [1.807, 2.05) is 54.7 Å². The first-order chi connectivity index (χ1) is 19.4. The number of benzene rings is 3. The number of carbonyl (C=O) groups is 2. The van der Waals surface area contributed by atoms with Gasteiger partial charge in [0, 0.05) is 55.5 Å². The molecule has 0 saturated heterocycles. The molecule has 0 spiro atoms. The second kappa shape index (κ2) is 13.6. The number of urea groups is 1. The van der Waals surface area contributed by atoms with Crippen LogP contribution in [0.3, 0.4) is 0 Å². The van der Waals surface area contributed by atoms with Gasteiger partial charge in [-0.25, -0.2) is 13.6 Å². The Kier molecular flexibility index (Phi) is 9.69. The number of hydrogen-bond acceptors (Lipinski definition) is 4. The zero-order chi connectivity index (χ0) is 28.5. The van der Waals surface area contributed by atoms with Crippen LogP contribution >= 0.6 is 0 Å². The van der Waals surface area contributed by atoms with Gasteiger partial charge in [-0.2, -0.15) is 0 Å². The number of H-pyrrole nitrogens is 1. The number of halogens is 2. The summed E-state index contributed by atoms with van der Waals surface area (Å²) in [5.74, 6) is -1.34. The van der Waals surface area contributed by atoms with E-state index in [0.717, 1.165) is 34.2 Å². The van der Waals surface area contributed by atoms with Crippen molar-refractivity contribution < 1.29 is 27.8 Å². The molecular formula is C30H32F2N4O4. The minimum atomic E-state index is -0.914. The van der Waals surface area contributed by atoms with E-state index in [0.29, 0.717) is 24.8 Å². The highest BCUT2D eigenvalue weighted by Crippen LogP contribution is 2.22. The molecule has 4 rings (SSSR count). The number of para-hydroxylation sites is 2. The SMILES string of the molecule is COCCN(CC(=O)N(CCc1c[nH]c2ccccc12)Cc1ccccc1OC)C(=O)Nc1ccc(F)cc1F. The molecule has 0 radical (unpaired) electrons. The standard InChI is InChI=1S/C30H32F2N4O4/c1-39-16-15-36(30(38)34-27-12-11-23(31)17-25(27)32)20-29(37)35(19-22-7-3-6-10-28(22)40-2)14-13-21-18-33-26-9-5-4-8-24(21)26/h3-12,17-18,33H,13-16,19-20H2,1-2H3,(H,34,38). The maximum atomic E-state index is 14.2. The molecule has 40 heavy (non-hydrogen) atoms. The highest BCUT2D eigenvalue weighted by molar-refractivity contribution is 5.92. The smallest absolute Gasteiger partial charge is 0.322 e.